The lowest BCUT2D eigenvalue weighted by Crippen LogP contribution is -2.38. The van der Waals surface area contributed by atoms with Crippen molar-refractivity contribution < 1.29 is 43.8 Å². The van der Waals surface area contributed by atoms with Gasteiger partial charge >= 0.3 is 0 Å². The van der Waals surface area contributed by atoms with E-state index < -0.39 is 6.17 Å². The minimum Gasteiger partial charge on any atom is -0.496 e. The molecular formula is C41H48N2O9. The lowest BCUT2D eigenvalue weighted by Gasteiger charge is -2.29. The van der Waals surface area contributed by atoms with Crippen molar-refractivity contribution in [1.82, 2.24) is 5.32 Å². The number of aliphatic hydroxyl groups is 3. The summed E-state index contributed by atoms with van der Waals surface area (Å²) in [4.78, 5) is 12.7. The van der Waals surface area contributed by atoms with Crippen LogP contribution in [0, 0.1) is 6.92 Å². The van der Waals surface area contributed by atoms with E-state index in [1.54, 1.807) is 20.3 Å². The zero-order chi connectivity index (χ0) is 37.0. The molecule has 0 aliphatic carbocycles. The van der Waals surface area contributed by atoms with Crippen molar-refractivity contribution >= 4 is 23.7 Å². The van der Waals surface area contributed by atoms with Crippen LogP contribution in [0.2, 0.25) is 0 Å². The van der Waals surface area contributed by atoms with E-state index in [9.17, 15) is 20.1 Å². The number of methoxy groups -OCH3 is 3. The zero-order valence-corrected chi connectivity index (χ0v) is 30.2. The second-order valence-corrected chi connectivity index (χ2v) is 12.5. The molecule has 1 aliphatic rings. The molecule has 0 aromatic heterocycles. The number of carbonyl (C=O) groups excluding carboxylic acids is 1. The van der Waals surface area contributed by atoms with Crippen LogP contribution in [0.5, 0.6) is 28.7 Å². The number of carbonyl (C=O) groups is 1. The molecule has 11 nitrogen and oxygen atoms in total. The van der Waals surface area contributed by atoms with Crippen LogP contribution >= 0.6 is 0 Å². The van der Waals surface area contributed by atoms with Crippen molar-refractivity contribution in [3.8, 4) is 28.7 Å². The Labute approximate surface area is 304 Å². The van der Waals surface area contributed by atoms with Gasteiger partial charge in [-0.2, -0.15) is 0 Å². The zero-order valence-electron chi connectivity index (χ0n) is 30.2. The van der Waals surface area contributed by atoms with Crippen molar-refractivity contribution in [2.75, 3.05) is 39.9 Å². The standard InChI is InChI=1S/C41H48N2O9/c1-26-9-13-34-32(17-26)41(47)43-40(42-34)29-12-14-35(31(22-29)24-45)51-15-7-5-6-8-16-52-39-37(49-3)20-28(21-38(39)50-4)11-10-27-18-30(23-44)33(25-46)36(19-27)48-2/h9-14,17-22,40,42,44-46H,5-8,15-16,23-25H2,1-4H3,(H,43,47)/b11-10-. The van der Waals surface area contributed by atoms with Crippen LogP contribution in [-0.4, -0.2) is 55.8 Å². The number of benzene rings is 4. The van der Waals surface area contributed by atoms with Crippen LogP contribution in [-0.2, 0) is 19.8 Å². The fourth-order valence-corrected chi connectivity index (χ4v) is 6.15. The van der Waals surface area contributed by atoms with E-state index in [2.05, 4.69) is 10.6 Å². The number of anilines is 1. The number of ether oxygens (including phenoxy) is 5. The van der Waals surface area contributed by atoms with Gasteiger partial charge in [-0.15, -0.1) is 0 Å². The highest BCUT2D eigenvalue weighted by atomic mass is 16.5. The number of aliphatic hydroxyl groups excluding tert-OH is 3. The van der Waals surface area contributed by atoms with E-state index in [1.807, 2.05) is 73.7 Å². The monoisotopic (exact) mass is 712 g/mol. The summed E-state index contributed by atoms with van der Waals surface area (Å²) in [5, 5.41) is 35.9. The average Bonchev–Trinajstić information content (AvgIpc) is 3.17. The van der Waals surface area contributed by atoms with Crippen LogP contribution in [0.25, 0.3) is 12.2 Å². The first-order chi connectivity index (χ1) is 25.3. The van der Waals surface area contributed by atoms with Crippen molar-refractivity contribution in [3.05, 3.63) is 105 Å². The Morgan fingerprint density at radius 1 is 0.654 bits per heavy atom. The van der Waals surface area contributed by atoms with Crippen molar-refractivity contribution in [2.24, 2.45) is 0 Å². The molecule has 1 amide bonds. The lowest BCUT2D eigenvalue weighted by molar-refractivity contribution is 0.0935. The quantitative estimate of drug-likeness (QED) is 0.0569. The van der Waals surface area contributed by atoms with E-state index in [1.165, 1.54) is 7.11 Å². The maximum Gasteiger partial charge on any atom is 0.255 e. The second-order valence-electron chi connectivity index (χ2n) is 12.5. The maximum atomic E-state index is 12.7. The molecule has 1 unspecified atom stereocenters. The molecule has 4 aromatic rings. The SMILES string of the molecule is COc1cc(/C=C\c2cc(OC)c(OCCCCCCOc3ccc(C4NC(=O)c5cc(C)ccc5N4)cc3CO)c(OC)c2)cc(CO)c1CO. The Balaban J connectivity index is 1.09. The van der Waals surface area contributed by atoms with Crippen LogP contribution < -0.4 is 34.3 Å². The van der Waals surface area contributed by atoms with E-state index in [4.69, 9.17) is 23.7 Å². The molecule has 0 bridgehead atoms. The molecule has 276 valence electrons. The van der Waals surface area contributed by atoms with Crippen LogP contribution in [0.15, 0.2) is 60.7 Å². The van der Waals surface area contributed by atoms with Crippen molar-refractivity contribution in [1.29, 1.82) is 0 Å². The highest BCUT2D eigenvalue weighted by Crippen LogP contribution is 2.39. The molecular weight excluding hydrogens is 664 g/mol. The van der Waals surface area contributed by atoms with E-state index in [0.29, 0.717) is 64.2 Å². The molecule has 0 saturated carbocycles. The molecule has 1 aliphatic heterocycles. The van der Waals surface area contributed by atoms with Gasteiger partial charge in [0.05, 0.1) is 59.9 Å². The summed E-state index contributed by atoms with van der Waals surface area (Å²) in [5.41, 5.74) is 6.70. The fraction of sp³-hybridized carbons (Fsp3) is 0.341. The van der Waals surface area contributed by atoms with Gasteiger partial charge in [-0.3, -0.25) is 4.79 Å². The van der Waals surface area contributed by atoms with Crippen LogP contribution in [0.4, 0.5) is 5.69 Å². The van der Waals surface area contributed by atoms with Crippen LogP contribution in [0.1, 0.15) is 81.2 Å². The third kappa shape index (κ3) is 9.16. The molecule has 52 heavy (non-hydrogen) atoms. The third-order valence-electron chi connectivity index (χ3n) is 8.95. The molecule has 0 spiro atoms. The summed E-state index contributed by atoms with van der Waals surface area (Å²) in [7, 11) is 4.70. The number of amides is 1. The summed E-state index contributed by atoms with van der Waals surface area (Å²) >= 11 is 0. The number of nitrogens with one attached hydrogen (secondary N) is 2. The molecule has 0 saturated heterocycles. The lowest BCUT2D eigenvalue weighted by atomic mass is 10.0. The topological polar surface area (TPSA) is 148 Å². The van der Waals surface area contributed by atoms with Gasteiger partial charge in [0.2, 0.25) is 5.75 Å². The van der Waals surface area contributed by atoms with Gasteiger partial charge in [-0.05, 0) is 103 Å². The number of fused-ring (bicyclic) bond motifs is 1. The molecule has 0 fully saturated rings. The van der Waals surface area contributed by atoms with E-state index in [0.717, 1.165) is 53.6 Å². The fourth-order valence-electron chi connectivity index (χ4n) is 6.15. The van der Waals surface area contributed by atoms with E-state index >= 15 is 0 Å². The van der Waals surface area contributed by atoms with Gasteiger partial charge < -0.3 is 49.6 Å². The molecule has 5 N–H and O–H groups in total. The van der Waals surface area contributed by atoms with E-state index in [-0.39, 0.29) is 25.7 Å². The Kier molecular flexibility index (Phi) is 13.4. The smallest absolute Gasteiger partial charge is 0.255 e. The number of aryl methyl sites for hydroxylation is 1. The number of hydrogen-bond acceptors (Lipinski definition) is 10. The van der Waals surface area contributed by atoms with Gasteiger partial charge in [0.25, 0.3) is 5.91 Å². The summed E-state index contributed by atoms with van der Waals surface area (Å²) < 4.78 is 28.8. The number of unbranched alkanes of at least 4 members (excludes halogenated alkanes) is 3. The Morgan fingerprint density at radius 2 is 1.29 bits per heavy atom. The first-order valence-electron chi connectivity index (χ1n) is 17.3. The highest BCUT2D eigenvalue weighted by Gasteiger charge is 2.25. The first kappa shape index (κ1) is 38.0. The first-order valence-corrected chi connectivity index (χ1v) is 17.3. The Bertz CT molecular complexity index is 1820. The Morgan fingerprint density at radius 3 is 1.92 bits per heavy atom. The molecule has 1 heterocycles. The second kappa shape index (κ2) is 18.3. The minimum absolute atomic E-state index is 0.137. The number of hydrogen-bond donors (Lipinski definition) is 5. The normalized spacial score (nSPS) is 13.7. The molecule has 5 rings (SSSR count). The van der Waals surface area contributed by atoms with Gasteiger partial charge in [0.1, 0.15) is 17.7 Å². The number of rotatable bonds is 18. The maximum absolute atomic E-state index is 12.7. The minimum atomic E-state index is -0.410. The molecule has 0 radical (unpaired) electrons. The third-order valence-corrected chi connectivity index (χ3v) is 8.95. The summed E-state index contributed by atoms with van der Waals surface area (Å²) in [6.07, 6.45) is 6.91. The van der Waals surface area contributed by atoms with Gasteiger partial charge in [0, 0.05) is 16.8 Å². The largest absolute Gasteiger partial charge is 0.496 e. The highest BCUT2D eigenvalue weighted by molar-refractivity contribution is 6.01. The van der Waals surface area contributed by atoms with Gasteiger partial charge in [0.15, 0.2) is 11.5 Å². The van der Waals surface area contributed by atoms with Crippen LogP contribution in [0.3, 0.4) is 0 Å². The summed E-state index contributed by atoms with van der Waals surface area (Å²) in [6.45, 7) is 2.32. The summed E-state index contributed by atoms with van der Waals surface area (Å²) in [6, 6.07) is 18.7. The molecule has 4 aromatic carbocycles. The molecule has 11 heteroatoms. The van der Waals surface area contributed by atoms with Gasteiger partial charge in [-0.1, -0.05) is 29.8 Å². The van der Waals surface area contributed by atoms with Crippen molar-refractivity contribution in [3.63, 3.8) is 0 Å². The summed E-state index contributed by atoms with van der Waals surface area (Å²) in [5.74, 6) is 2.62. The average molecular weight is 713 g/mol. The Hall–Kier alpha value is -5.23. The predicted molar refractivity (Wildman–Crippen MR) is 200 cm³/mol. The predicted octanol–water partition coefficient (Wildman–Crippen LogP) is 6.54. The van der Waals surface area contributed by atoms with Crippen molar-refractivity contribution in [2.45, 2.75) is 58.6 Å². The van der Waals surface area contributed by atoms with Gasteiger partial charge in [-0.25, -0.2) is 0 Å². The molecule has 1 atom stereocenters.